The first-order valence-corrected chi connectivity index (χ1v) is 9.23. The highest BCUT2D eigenvalue weighted by Gasteiger charge is 2.19. The Morgan fingerprint density at radius 1 is 1.04 bits per heavy atom. The van der Waals surface area contributed by atoms with Crippen LogP contribution in [0.3, 0.4) is 0 Å². The van der Waals surface area contributed by atoms with Crippen molar-refractivity contribution in [2.45, 2.75) is 24.3 Å². The minimum Gasteiger partial charge on any atom is -0.508 e. The Morgan fingerprint density at radius 2 is 1.64 bits per heavy atom. The van der Waals surface area contributed by atoms with Gasteiger partial charge in [0.1, 0.15) is 5.75 Å². The van der Waals surface area contributed by atoms with E-state index in [1.165, 1.54) is 35.5 Å². The monoisotopic (exact) mass is 398 g/mol. The van der Waals surface area contributed by atoms with Crippen molar-refractivity contribution >= 4 is 35.0 Å². The van der Waals surface area contributed by atoms with E-state index in [0.29, 0.717) is 22.2 Å². The first kappa shape index (κ1) is 19.4. The number of benzene rings is 2. The van der Waals surface area contributed by atoms with Gasteiger partial charge in [0, 0.05) is 18.3 Å². The van der Waals surface area contributed by atoms with Crippen molar-refractivity contribution in [2.75, 3.05) is 10.6 Å². The van der Waals surface area contributed by atoms with Gasteiger partial charge >= 0.3 is 0 Å². The van der Waals surface area contributed by atoms with Crippen LogP contribution in [0, 0.1) is 0 Å². The van der Waals surface area contributed by atoms with E-state index in [-0.39, 0.29) is 17.6 Å². The van der Waals surface area contributed by atoms with Crippen LogP contribution in [0.5, 0.6) is 5.75 Å². The highest BCUT2D eigenvalue weighted by molar-refractivity contribution is 8.00. The molecule has 2 amide bonds. The molecule has 0 aliphatic carbocycles. The van der Waals surface area contributed by atoms with Crippen molar-refractivity contribution < 1.29 is 14.7 Å². The molecule has 0 radical (unpaired) electrons. The summed E-state index contributed by atoms with van der Waals surface area (Å²) in [5.74, 6) is -0.228. The Morgan fingerprint density at radius 3 is 2.25 bits per heavy atom. The fourth-order valence-corrected chi connectivity index (χ4v) is 3.11. The maximum atomic E-state index is 12.5. The molecule has 0 saturated heterocycles. The molecule has 1 aromatic heterocycles. The van der Waals surface area contributed by atoms with Gasteiger partial charge in [0.2, 0.25) is 17.0 Å². The predicted molar refractivity (Wildman–Crippen MR) is 106 cm³/mol. The molecule has 9 nitrogen and oxygen atoms in total. The molecule has 0 aliphatic heterocycles. The van der Waals surface area contributed by atoms with Crippen LogP contribution in [0.4, 0.5) is 11.4 Å². The SMILES string of the molecule is CC(=O)Nc1ccc(NC(=O)[C@H](C)Sc2nnnn2-c2ccc(O)cc2)cc1. The van der Waals surface area contributed by atoms with Gasteiger partial charge in [-0.2, -0.15) is 4.68 Å². The van der Waals surface area contributed by atoms with Gasteiger partial charge in [0.05, 0.1) is 10.9 Å². The summed E-state index contributed by atoms with van der Waals surface area (Å²) in [6, 6.07) is 13.3. The minimum atomic E-state index is -0.461. The summed E-state index contributed by atoms with van der Waals surface area (Å²) in [6.45, 7) is 3.18. The van der Waals surface area contributed by atoms with Crippen LogP contribution < -0.4 is 10.6 Å². The molecule has 1 heterocycles. The third-order valence-corrected chi connectivity index (χ3v) is 4.69. The lowest BCUT2D eigenvalue weighted by Gasteiger charge is -2.12. The quantitative estimate of drug-likeness (QED) is 0.545. The number of phenols is 1. The van der Waals surface area contributed by atoms with Crippen LogP contribution in [0.1, 0.15) is 13.8 Å². The van der Waals surface area contributed by atoms with E-state index in [1.807, 2.05) is 0 Å². The molecule has 3 rings (SSSR count). The summed E-state index contributed by atoms with van der Waals surface area (Å²) in [7, 11) is 0. The number of carbonyl (C=O) groups excluding carboxylic acids is 2. The number of anilines is 2. The van der Waals surface area contributed by atoms with Gasteiger partial charge in [-0.15, -0.1) is 5.10 Å². The maximum Gasteiger partial charge on any atom is 0.237 e. The lowest BCUT2D eigenvalue weighted by molar-refractivity contribution is -0.115. The summed E-state index contributed by atoms with van der Waals surface area (Å²) >= 11 is 1.21. The number of phenolic OH excluding ortho intramolecular Hbond substituents is 1. The summed E-state index contributed by atoms with van der Waals surface area (Å²) < 4.78 is 1.50. The number of nitrogens with one attached hydrogen (secondary N) is 2. The van der Waals surface area contributed by atoms with E-state index in [2.05, 4.69) is 26.2 Å². The molecule has 0 unspecified atom stereocenters. The zero-order valence-corrected chi connectivity index (χ0v) is 16.0. The first-order valence-electron chi connectivity index (χ1n) is 8.35. The van der Waals surface area contributed by atoms with Gasteiger partial charge in [-0.05, 0) is 65.9 Å². The second-order valence-corrected chi connectivity index (χ2v) is 7.21. The van der Waals surface area contributed by atoms with E-state index < -0.39 is 5.25 Å². The Kier molecular flexibility index (Phi) is 5.90. The summed E-state index contributed by atoms with van der Waals surface area (Å²) in [5.41, 5.74) is 1.94. The number of aromatic nitrogens is 4. The summed E-state index contributed by atoms with van der Waals surface area (Å²) in [6.07, 6.45) is 0. The average Bonchev–Trinajstić information content (AvgIpc) is 3.11. The zero-order valence-electron chi connectivity index (χ0n) is 15.2. The number of amides is 2. The van der Waals surface area contributed by atoms with Crippen molar-refractivity contribution in [3.63, 3.8) is 0 Å². The molecule has 144 valence electrons. The van der Waals surface area contributed by atoms with Crippen LogP contribution in [0.2, 0.25) is 0 Å². The highest BCUT2D eigenvalue weighted by Crippen LogP contribution is 2.25. The lowest BCUT2D eigenvalue weighted by atomic mass is 10.2. The topological polar surface area (TPSA) is 122 Å². The molecule has 28 heavy (non-hydrogen) atoms. The van der Waals surface area contributed by atoms with Crippen LogP contribution >= 0.6 is 11.8 Å². The minimum absolute atomic E-state index is 0.142. The zero-order chi connectivity index (χ0) is 20.1. The number of rotatable bonds is 6. The van der Waals surface area contributed by atoms with Crippen LogP contribution in [0.25, 0.3) is 5.69 Å². The molecule has 3 N–H and O–H groups in total. The fraction of sp³-hybridized carbons (Fsp3) is 0.167. The van der Waals surface area contributed by atoms with Gasteiger partial charge in [-0.3, -0.25) is 9.59 Å². The molecule has 0 aliphatic rings. The smallest absolute Gasteiger partial charge is 0.237 e. The van der Waals surface area contributed by atoms with E-state index in [4.69, 9.17) is 0 Å². The molecule has 0 bridgehead atoms. The lowest BCUT2D eigenvalue weighted by Crippen LogP contribution is -2.23. The Hall–Kier alpha value is -3.40. The maximum absolute atomic E-state index is 12.5. The highest BCUT2D eigenvalue weighted by atomic mass is 32.2. The number of nitrogens with zero attached hydrogens (tertiary/aromatic N) is 4. The van der Waals surface area contributed by atoms with Gasteiger partial charge in [0.25, 0.3) is 0 Å². The molecule has 0 fully saturated rings. The van der Waals surface area contributed by atoms with Crippen LogP contribution in [-0.4, -0.2) is 42.4 Å². The van der Waals surface area contributed by atoms with Crippen molar-refractivity contribution in [3.05, 3.63) is 48.5 Å². The molecule has 10 heteroatoms. The molecule has 0 saturated carbocycles. The molecule has 0 spiro atoms. The molecular weight excluding hydrogens is 380 g/mol. The number of tetrazole rings is 1. The van der Waals surface area contributed by atoms with Gasteiger partial charge in [-0.1, -0.05) is 11.8 Å². The standard InChI is InChI=1S/C18H18N6O3S/c1-11(17(27)20-14-5-3-13(4-6-14)19-12(2)25)28-18-21-22-23-24(18)15-7-9-16(26)10-8-15/h3-11,26H,1-2H3,(H,19,25)(H,20,27)/t11-/m0/s1. The third-order valence-electron chi connectivity index (χ3n) is 3.66. The number of hydrogen-bond donors (Lipinski definition) is 3. The van der Waals surface area contributed by atoms with Gasteiger partial charge in [-0.25, -0.2) is 0 Å². The Balaban J connectivity index is 1.64. The normalized spacial score (nSPS) is 11.6. The fourth-order valence-electron chi connectivity index (χ4n) is 2.30. The van der Waals surface area contributed by atoms with Crippen molar-refractivity contribution in [2.24, 2.45) is 0 Å². The van der Waals surface area contributed by atoms with E-state index in [1.54, 1.807) is 43.3 Å². The number of aromatic hydroxyl groups is 1. The second kappa shape index (κ2) is 8.53. The molecule has 2 aromatic carbocycles. The van der Waals surface area contributed by atoms with Gasteiger partial charge < -0.3 is 15.7 Å². The van der Waals surface area contributed by atoms with Crippen LogP contribution in [-0.2, 0) is 9.59 Å². The Labute approximate surface area is 165 Å². The third kappa shape index (κ3) is 4.86. The first-order chi connectivity index (χ1) is 13.4. The largest absolute Gasteiger partial charge is 0.508 e. The molecular formula is C18H18N6O3S. The van der Waals surface area contributed by atoms with E-state index in [9.17, 15) is 14.7 Å². The van der Waals surface area contributed by atoms with E-state index >= 15 is 0 Å². The second-order valence-electron chi connectivity index (χ2n) is 5.90. The summed E-state index contributed by atoms with van der Waals surface area (Å²) in [4.78, 5) is 23.5. The van der Waals surface area contributed by atoms with Crippen molar-refractivity contribution in [1.82, 2.24) is 20.2 Å². The number of carbonyl (C=O) groups is 2. The average molecular weight is 398 g/mol. The molecule has 3 aromatic rings. The number of hydrogen-bond acceptors (Lipinski definition) is 7. The van der Waals surface area contributed by atoms with Gasteiger partial charge in [0.15, 0.2) is 0 Å². The summed E-state index contributed by atoms with van der Waals surface area (Å²) in [5, 5.41) is 26.4. The van der Waals surface area contributed by atoms with Crippen molar-refractivity contribution in [3.8, 4) is 11.4 Å². The Bertz CT molecular complexity index is 972. The van der Waals surface area contributed by atoms with E-state index in [0.717, 1.165) is 0 Å². The van der Waals surface area contributed by atoms with Crippen LogP contribution in [0.15, 0.2) is 53.7 Å². The predicted octanol–water partition coefficient (Wildman–Crippen LogP) is 2.45. The number of thioether (sulfide) groups is 1. The van der Waals surface area contributed by atoms with Crippen molar-refractivity contribution in [1.29, 1.82) is 0 Å². The molecule has 1 atom stereocenters.